The van der Waals surface area contributed by atoms with Crippen molar-refractivity contribution in [1.82, 2.24) is 29.7 Å². The number of anilines is 7. The molecule has 0 spiro atoms. The number of hydrogen-bond donors (Lipinski definition) is 3. The second kappa shape index (κ2) is 22.2. The molecule has 0 saturated carbocycles. The van der Waals surface area contributed by atoms with Gasteiger partial charge in [0, 0.05) is 93.6 Å². The number of ether oxygens (including phenoxy) is 4. The molecule has 4 heterocycles. The van der Waals surface area contributed by atoms with Crippen molar-refractivity contribution in [3.05, 3.63) is 132 Å². The molecule has 2 fully saturated rings. The van der Waals surface area contributed by atoms with Crippen LogP contribution in [0.1, 0.15) is 5.56 Å². The van der Waals surface area contributed by atoms with Gasteiger partial charge in [-0.2, -0.15) is 9.97 Å². The molecule has 8 rings (SSSR count). The molecule has 2 aliphatic heterocycles. The van der Waals surface area contributed by atoms with Crippen molar-refractivity contribution in [2.24, 2.45) is 5.73 Å². The van der Waals surface area contributed by atoms with Crippen molar-refractivity contribution in [2.45, 2.75) is 0 Å². The standard InChI is InChI=1S/C50H52Cl2N12O6/c1-6-46(66)64(35-10-8-12-37(26-35)70-48-39(52)31-55-50(59-48)57-41-16-14-34(28-44(41)68-5)63-23-19-61(3)20-24-63)42(29-45(53)65)32-9-7-11-36(25-32)69-47-38(51)30-54-49(58-47)56-40-15-13-33(27-43(40)67-4)62-21-17-60(2)18-22-62/h6-16,25-31H,1,17-24H2,2-5H3,(H2,53,65)(H,54,56,58)(H,55,57,59). The summed E-state index contributed by atoms with van der Waals surface area (Å²) in [7, 11) is 7.43. The van der Waals surface area contributed by atoms with Gasteiger partial charge in [0.05, 0.1) is 49.4 Å². The van der Waals surface area contributed by atoms with Gasteiger partial charge in [-0.05, 0) is 68.7 Å². The van der Waals surface area contributed by atoms with Crippen LogP contribution in [0.25, 0.3) is 5.70 Å². The number of benzene rings is 4. The fourth-order valence-electron chi connectivity index (χ4n) is 7.81. The number of piperazine rings is 2. The molecule has 20 heteroatoms. The van der Waals surface area contributed by atoms with E-state index in [1.807, 2.05) is 36.4 Å². The molecular weight excluding hydrogens is 936 g/mol. The van der Waals surface area contributed by atoms with Crippen LogP contribution in [0.15, 0.2) is 116 Å². The third-order valence-electron chi connectivity index (χ3n) is 11.6. The van der Waals surface area contributed by atoms with Crippen LogP contribution in [0, 0.1) is 0 Å². The Labute approximate surface area is 415 Å². The first-order chi connectivity index (χ1) is 33.9. The fraction of sp³-hybridized carbons (Fsp3) is 0.240. The minimum Gasteiger partial charge on any atom is -0.494 e. The van der Waals surface area contributed by atoms with Crippen LogP contribution >= 0.6 is 23.2 Å². The van der Waals surface area contributed by atoms with Crippen molar-refractivity contribution in [3.63, 3.8) is 0 Å². The summed E-state index contributed by atoms with van der Waals surface area (Å²) in [5.74, 6) is 0.779. The van der Waals surface area contributed by atoms with Gasteiger partial charge in [0.2, 0.25) is 29.6 Å². The summed E-state index contributed by atoms with van der Waals surface area (Å²) in [5, 5.41) is 6.67. The first-order valence-electron chi connectivity index (χ1n) is 22.2. The summed E-state index contributed by atoms with van der Waals surface area (Å²) >= 11 is 13.1. The SMILES string of the molecule is C=CC(=O)N(C(=CC(N)=O)c1cccc(Oc2nc(Nc3ccc(N4CCN(C)CC4)cc3OC)ncc2Cl)c1)c1cccc(Oc2nc(Nc3ccc(N4CCN(C)CC4)cc3OC)ncc2Cl)c1. The van der Waals surface area contributed by atoms with E-state index < -0.39 is 11.8 Å². The molecule has 70 heavy (non-hydrogen) atoms. The first-order valence-corrected chi connectivity index (χ1v) is 23.0. The molecule has 0 radical (unpaired) electrons. The maximum absolute atomic E-state index is 13.8. The Morgan fingerprint density at radius 1 is 0.686 bits per heavy atom. The van der Waals surface area contributed by atoms with Gasteiger partial charge in [-0.3, -0.25) is 14.5 Å². The minimum absolute atomic E-state index is 0.0312. The van der Waals surface area contributed by atoms with E-state index in [1.54, 1.807) is 62.8 Å². The number of amides is 2. The smallest absolute Gasteiger partial charge is 0.254 e. The van der Waals surface area contributed by atoms with E-state index in [1.165, 1.54) is 17.3 Å². The Hall–Kier alpha value is -7.64. The number of hydrogen-bond acceptors (Lipinski definition) is 16. The van der Waals surface area contributed by atoms with Crippen LogP contribution in [0.5, 0.6) is 34.8 Å². The van der Waals surface area contributed by atoms with Crippen molar-refractivity contribution < 1.29 is 28.5 Å². The zero-order valence-electron chi connectivity index (χ0n) is 39.1. The molecule has 2 saturated heterocycles. The highest BCUT2D eigenvalue weighted by molar-refractivity contribution is 6.32. The van der Waals surface area contributed by atoms with Crippen LogP contribution in [0.4, 0.5) is 40.3 Å². The maximum atomic E-state index is 13.8. The van der Waals surface area contributed by atoms with Crippen molar-refractivity contribution >= 4 is 81.0 Å². The van der Waals surface area contributed by atoms with Gasteiger partial charge >= 0.3 is 0 Å². The zero-order chi connectivity index (χ0) is 49.3. The van der Waals surface area contributed by atoms with Crippen LogP contribution in [-0.4, -0.2) is 122 Å². The molecule has 4 aromatic carbocycles. The maximum Gasteiger partial charge on any atom is 0.254 e. The Bertz CT molecular complexity index is 2910. The van der Waals surface area contributed by atoms with Gasteiger partial charge in [-0.1, -0.05) is 48.0 Å². The molecule has 0 bridgehead atoms. The topological polar surface area (TPSA) is 189 Å². The second-order valence-electron chi connectivity index (χ2n) is 16.3. The molecule has 2 aliphatic rings. The number of nitrogens with zero attached hydrogens (tertiary/aromatic N) is 9. The lowest BCUT2D eigenvalue weighted by Crippen LogP contribution is -2.44. The Kier molecular flexibility index (Phi) is 15.5. The molecule has 0 atom stereocenters. The monoisotopic (exact) mass is 986 g/mol. The van der Waals surface area contributed by atoms with Crippen LogP contribution in [0.2, 0.25) is 10.0 Å². The van der Waals surface area contributed by atoms with E-state index in [0.717, 1.165) is 75.9 Å². The van der Waals surface area contributed by atoms with Crippen LogP contribution in [-0.2, 0) is 9.59 Å². The number of carbonyl (C=O) groups is 2. The van der Waals surface area contributed by atoms with Gasteiger partial charge in [-0.25, -0.2) is 9.97 Å². The summed E-state index contributed by atoms with van der Waals surface area (Å²) in [6.07, 6.45) is 5.06. The van der Waals surface area contributed by atoms with Gasteiger partial charge < -0.3 is 54.9 Å². The molecular formula is C50H52Cl2N12O6. The number of aromatic nitrogens is 4. The number of halogens is 2. The average Bonchev–Trinajstić information content (AvgIpc) is 3.36. The Balaban J connectivity index is 1.01. The lowest BCUT2D eigenvalue weighted by atomic mass is 10.1. The quantitative estimate of drug-likeness (QED) is 0.0741. The van der Waals surface area contributed by atoms with Crippen molar-refractivity contribution in [2.75, 3.05) is 106 Å². The fourth-order valence-corrected chi connectivity index (χ4v) is 8.07. The Morgan fingerprint density at radius 2 is 1.17 bits per heavy atom. The van der Waals surface area contributed by atoms with E-state index in [4.69, 9.17) is 47.9 Å². The average molecular weight is 988 g/mol. The van der Waals surface area contributed by atoms with Gasteiger partial charge in [-0.15, -0.1) is 0 Å². The lowest BCUT2D eigenvalue weighted by molar-refractivity contribution is -0.113. The normalized spacial score (nSPS) is 14.4. The number of rotatable bonds is 17. The first kappa shape index (κ1) is 48.8. The van der Waals surface area contributed by atoms with E-state index in [-0.39, 0.29) is 56.6 Å². The van der Waals surface area contributed by atoms with Gasteiger partial charge in [0.1, 0.15) is 33.0 Å². The van der Waals surface area contributed by atoms with Crippen molar-refractivity contribution in [1.29, 1.82) is 0 Å². The molecule has 2 amide bonds. The molecule has 0 aliphatic carbocycles. The highest BCUT2D eigenvalue weighted by Crippen LogP contribution is 2.38. The molecule has 0 unspecified atom stereocenters. The number of carbonyl (C=O) groups excluding carboxylic acids is 2. The predicted octanol–water partition coefficient (Wildman–Crippen LogP) is 8.21. The summed E-state index contributed by atoms with van der Waals surface area (Å²) in [6, 6.07) is 25.0. The summed E-state index contributed by atoms with van der Waals surface area (Å²) in [4.78, 5) is 54.8. The predicted molar refractivity (Wildman–Crippen MR) is 274 cm³/mol. The Morgan fingerprint density at radius 3 is 1.64 bits per heavy atom. The number of likely N-dealkylation sites (N-methyl/N-ethyl adjacent to an activating group) is 2. The number of primary amides is 1. The highest BCUT2D eigenvalue weighted by Gasteiger charge is 2.24. The lowest BCUT2D eigenvalue weighted by Gasteiger charge is -2.34. The molecule has 362 valence electrons. The number of methoxy groups -OCH3 is 2. The van der Waals surface area contributed by atoms with Gasteiger partial charge in [0.15, 0.2) is 0 Å². The largest absolute Gasteiger partial charge is 0.494 e. The highest BCUT2D eigenvalue weighted by atomic mass is 35.5. The second-order valence-corrected chi connectivity index (χ2v) is 17.1. The van der Waals surface area contributed by atoms with Crippen LogP contribution < -0.4 is 50.0 Å². The number of nitrogens with two attached hydrogens (primary N) is 1. The summed E-state index contributed by atoms with van der Waals surface area (Å²) in [6.45, 7) is 11.2. The van der Waals surface area contributed by atoms with Crippen molar-refractivity contribution in [3.8, 4) is 34.8 Å². The third kappa shape index (κ3) is 11.8. The van der Waals surface area contributed by atoms with E-state index >= 15 is 0 Å². The molecule has 6 aromatic rings. The molecule has 2 aromatic heterocycles. The van der Waals surface area contributed by atoms with Crippen LogP contribution in [0.3, 0.4) is 0 Å². The molecule has 18 nitrogen and oxygen atoms in total. The minimum atomic E-state index is -0.824. The van der Waals surface area contributed by atoms with Gasteiger partial charge in [0.25, 0.3) is 5.91 Å². The third-order valence-corrected chi connectivity index (χ3v) is 12.1. The van der Waals surface area contributed by atoms with E-state index in [2.05, 4.69) is 70.8 Å². The summed E-state index contributed by atoms with van der Waals surface area (Å²) in [5.41, 5.74) is 9.89. The molecule has 4 N–H and O–H groups in total. The zero-order valence-corrected chi connectivity index (χ0v) is 40.6. The van der Waals surface area contributed by atoms with E-state index in [9.17, 15) is 9.59 Å². The van der Waals surface area contributed by atoms with E-state index in [0.29, 0.717) is 28.4 Å². The number of nitrogens with one attached hydrogen (secondary N) is 2. The summed E-state index contributed by atoms with van der Waals surface area (Å²) < 4.78 is 23.9.